The van der Waals surface area contributed by atoms with E-state index in [-0.39, 0.29) is 6.03 Å². The Morgan fingerprint density at radius 1 is 1.22 bits per heavy atom. The van der Waals surface area contributed by atoms with E-state index in [4.69, 9.17) is 0 Å². The van der Waals surface area contributed by atoms with Gasteiger partial charge in [-0.05, 0) is 18.4 Å². The van der Waals surface area contributed by atoms with E-state index in [1.165, 1.54) is 0 Å². The van der Waals surface area contributed by atoms with Crippen LogP contribution in [0.15, 0.2) is 54.9 Å². The normalized spacial score (nSPS) is 10.7. The van der Waals surface area contributed by atoms with Crippen LogP contribution in [0.3, 0.4) is 0 Å². The van der Waals surface area contributed by atoms with Crippen molar-refractivity contribution < 1.29 is 4.79 Å². The van der Waals surface area contributed by atoms with Crippen LogP contribution < -0.4 is 5.32 Å². The molecular weight excluding hydrogens is 288 g/mol. The molecular formula is C18H20N4O. The van der Waals surface area contributed by atoms with Gasteiger partial charge in [-0.25, -0.2) is 4.79 Å². The van der Waals surface area contributed by atoms with Crippen molar-refractivity contribution in [3.63, 3.8) is 0 Å². The summed E-state index contributed by atoms with van der Waals surface area (Å²) < 4.78 is 1.85. The second-order valence-corrected chi connectivity index (χ2v) is 5.52. The van der Waals surface area contributed by atoms with Crippen LogP contribution >= 0.6 is 0 Å². The zero-order valence-corrected chi connectivity index (χ0v) is 13.4. The molecule has 0 aliphatic rings. The lowest BCUT2D eigenvalue weighted by molar-refractivity contribution is 0.220. The lowest BCUT2D eigenvalue weighted by Gasteiger charge is -2.18. The molecule has 0 aliphatic heterocycles. The monoisotopic (exact) mass is 308 g/mol. The Balaban J connectivity index is 1.72. The summed E-state index contributed by atoms with van der Waals surface area (Å²) in [7, 11) is 1.78. The molecule has 5 heteroatoms. The summed E-state index contributed by atoms with van der Waals surface area (Å²) in [5.41, 5.74) is 1.84. The van der Waals surface area contributed by atoms with Crippen LogP contribution in [0.5, 0.6) is 0 Å². The van der Waals surface area contributed by atoms with Gasteiger partial charge < -0.3 is 10.2 Å². The third-order valence-electron chi connectivity index (χ3n) is 3.81. The predicted octanol–water partition coefficient (Wildman–Crippen LogP) is 3.72. The van der Waals surface area contributed by atoms with E-state index in [2.05, 4.69) is 10.4 Å². The Morgan fingerprint density at radius 2 is 2.00 bits per heavy atom. The Labute approximate surface area is 135 Å². The van der Waals surface area contributed by atoms with Crippen molar-refractivity contribution in [2.45, 2.75) is 20.0 Å². The second kappa shape index (κ2) is 6.52. The molecule has 2 aromatic carbocycles. The summed E-state index contributed by atoms with van der Waals surface area (Å²) in [6.45, 7) is 3.39. The summed E-state index contributed by atoms with van der Waals surface area (Å²) in [5.74, 6) is 0. The van der Waals surface area contributed by atoms with Gasteiger partial charge in [0, 0.05) is 30.7 Å². The molecule has 1 aromatic heterocycles. The van der Waals surface area contributed by atoms with Crippen molar-refractivity contribution >= 4 is 22.5 Å². The zero-order valence-electron chi connectivity index (χ0n) is 13.4. The van der Waals surface area contributed by atoms with Gasteiger partial charge in [-0.2, -0.15) is 5.10 Å². The highest BCUT2D eigenvalue weighted by Crippen LogP contribution is 2.23. The standard InChI is InChI=1S/C18H20N4O/c1-3-22-13-14(11-19-22)12-21(2)18(23)20-17-10-6-8-15-7-4-5-9-16(15)17/h4-11,13H,3,12H2,1-2H3,(H,20,23). The topological polar surface area (TPSA) is 50.2 Å². The number of nitrogens with zero attached hydrogens (tertiary/aromatic N) is 3. The minimum Gasteiger partial charge on any atom is -0.323 e. The Hall–Kier alpha value is -2.82. The van der Waals surface area contributed by atoms with Crippen molar-refractivity contribution in [1.29, 1.82) is 0 Å². The van der Waals surface area contributed by atoms with Crippen molar-refractivity contribution in [2.24, 2.45) is 0 Å². The van der Waals surface area contributed by atoms with Gasteiger partial charge in [-0.15, -0.1) is 0 Å². The number of urea groups is 1. The number of anilines is 1. The number of amides is 2. The molecule has 0 aliphatic carbocycles. The first-order valence-corrected chi connectivity index (χ1v) is 7.68. The first-order chi connectivity index (χ1) is 11.2. The number of aryl methyl sites for hydroxylation is 1. The molecule has 2 amide bonds. The average molecular weight is 308 g/mol. The van der Waals surface area contributed by atoms with Crippen molar-refractivity contribution in [2.75, 3.05) is 12.4 Å². The lowest BCUT2D eigenvalue weighted by Crippen LogP contribution is -2.30. The SMILES string of the molecule is CCn1cc(CN(C)C(=O)Nc2cccc3ccccc23)cn1. The maximum absolute atomic E-state index is 12.4. The molecule has 0 radical (unpaired) electrons. The Kier molecular flexibility index (Phi) is 4.28. The van der Waals surface area contributed by atoms with Gasteiger partial charge in [0.2, 0.25) is 0 Å². The van der Waals surface area contributed by atoms with Gasteiger partial charge >= 0.3 is 6.03 Å². The van der Waals surface area contributed by atoms with Crippen LogP contribution in [0.1, 0.15) is 12.5 Å². The van der Waals surface area contributed by atoms with E-state index in [0.29, 0.717) is 6.54 Å². The van der Waals surface area contributed by atoms with E-state index >= 15 is 0 Å². The fourth-order valence-corrected chi connectivity index (χ4v) is 2.55. The minimum absolute atomic E-state index is 0.134. The molecule has 0 saturated carbocycles. The van der Waals surface area contributed by atoms with Crippen LogP contribution in [0, 0.1) is 0 Å². The maximum Gasteiger partial charge on any atom is 0.321 e. The second-order valence-electron chi connectivity index (χ2n) is 5.52. The van der Waals surface area contributed by atoms with Crippen molar-refractivity contribution in [3.05, 3.63) is 60.4 Å². The fraction of sp³-hybridized carbons (Fsp3) is 0.222. The van der Waals surface area contributed by atoms with Gasteiger partial charge in [0.1, 0.15) is 0 Å². The van der Waals surface area contributed by atoms with Gasteiger partial charge in [-0.3, -0.25) is 4.68 Å². The third kappa shape index (κ3) is 3.34. The maximum atomic E-state index is 12.4. The molecule has 0 atom stereocenters. The van der Waals surface area contributed by atoms with Gasteiger partial charge in [0.25, 0.3) is 0 Å². The van der Waals surface area contributed by atoms with E-state index in [1.54, 1.807) is 18.1 Å². The number of hydrogen-bond acceptors (Lipinski definition) is 2. The largest absolute Gasteiger partial charge is 0.323 e. The fourth-order valence-electron chi connectivity index (χ4n) is 2.55. The van der Waals surface area contributed by atoms with Gasteiger partial charge in [0.05, 0.1) is 18.4 Å². The number of hydrogen-bond donors (Lipinski definition) is 1. The van der Waals surface area contributed by atoms with Crippen LogP contribution in [0.25, 0.3) is 10.8 Å². The van der Waals surface area contributed by atoms with Crippen LogP contribution in [0.2, 0.25) is 0 Å². The molecule has 0 unspecified atom stereocenters. The van der Waals surface area contributed by atoms with E-state index in [9.17, 15) is 4.79 Å². The highest BCUT2D eigenvalue weighted by Gasteiger charge is 2.11. The van der Waals surface area contributed by atoms with Crippen LogP contribution in [-0.4, -0.2) is 27.8 Å². The number of carbonyl (C=O) groups excluding carboxylic acids is 1. The van der Waals surface area contributed by atoms with E-state index in [1.807, 2.05) is 60.3 Å². The number of nitrogens with one attached hydrogen (secondary N) is 1. The molecule has 0 spiro atoms. The first-order valence-electron chi connectivity index (χ1n) is 7.68. The molecule has 0 bridgehead atoms. The molecule has 3 rings (SSSR count). The van der Waals surface area contributed by atoms with Crippen LogP contribution in [0.4, 0.5) is 10.5 Å². The van der Waals surface area contributed by atoms with Crippen molar-refractivity contribution in [3.8, 4) is 0 Å². The molecule has 0 fully saturated rings. The Morgan fingerprint density at radius 3 is 2.78 bits per heavy atom. The van der Waals surface area contributed by atoms with Crippen LogP contribution in [-0.2, 0) is 13.1 Å². The van der Waals surface area contributed by atoms with E-state index < -0.39 is 0 Å². The molecule has 23 heavy (non-hydrogen) atoms. The van der Waals surface area contributed by atoms with E-state index in [0.717, 1.165) is 28.6 Å². The molecule has 0 saturated heterocycles. The molecule has 118 valence electrons. The highest BCUT2D eigenvalue weighted by molar-refractivity contribution is 6.01. The third-order valence-corrected chi connectivity index (χ3v) is 3.81. The zero-order chi connectivity index (χ0) is 16.2. The minimum atomic E-state index is -0.134. The smallest absolute Gasteiger partial charge is 0.321 e. The molecule has 3 aromatic rings. The number of aromatic nitrogens is 2. The predicted molar refractivity (Wildman–Crippen MR) is 92.3 cm³/mol. The summed E-state index contributed by atoms with van der Waals surface area (Å²) in [6, 6.07) is 13.8. The molecule has 5 nitrogen and oxygen atoms in total. The molecule has 1 N–H and O–H groups in total. The summed E-state index contributed by atoms with van der Waals surface area (Å²) in [6.07, 6.45) is 3.76. The lowest BCUT2D eigenvalue weighted by atomic mass is 10.1. The number of fused-ring (bicyclic) bond motifs is 1. The quantitative estimate of drug-likeness (QED) is 0.798. The van der Waals surface area contributed by atoms with Gasteiger partial charge in [-0.1, -0.05) is 36.4 Å². The van der Waals surface area contributed by atoms with Crippen molar-refractivity contribution in [1.82, 2.24) is 14.7 Å². The average Bonchev–Trinajstić information content (AvgIpc) is 3.02. The highest BCUT2D eigenvalue weighted by atomic mass is 16.2. The van der Waals surface area contributed by atoms with Gasteiger partial charge in [0.15, 0.2) is 0 Å². The first kappa shape index (κ1) is 15.1. The number of rotatable bonds is 4. The summed E-state index contributed by atoms with van der Waals surface area (Å²) >= 11 is 0. The Bertz CT molecular complexity index is 819. The summed E-state index contributed by atoms with van der Waals surface area (Å²) in [4.78, 5) is 14.1. The summed E-state index contributed by atoms with van der Waals surface area (Å²) in [5, 5.41) is 9.36. The number of benzene rings is 2. The molecule has 1 heterocycles. The number of carbonyl (C=O) groups is 1.